The summed E-state index contributed by atoms with van der Waals surface area (Å²) in [5.74, 6) is -7.28. The molecule has 3 aliphatic rings. The second kappa shape index (κ2) is 9.46. The number of nitrogens with one attached hydrogen (secondary N) is 3. The van der Waals surface area contributed by atoms with Crippen molar-refractivity contribution in [3.05, 3.63) is 73.4 Å². The number of aryl methyl sites for hydroxylation is 1. The van der Waals surface area contributed by atoms with Gasteiger partial charge in [0.1, 0.15) is 22.7 Å². The fraction of sp³-hybridized carbons (Fsp3) is 0.207. The third-order valence-electron chi connectivity index (χ3n) is 7.99. The number of rotatable bonds is 5. The van der Waals surface area contributed by atoms with Crippen molar-refractivity contribution in [3.8, 4) is 17.2 Å². The van der Waals surface area contributed by atoms with Crippen LogP contribution in [-0.4, -0.2) is 76.3 Å². The lowest BCUT2D eigenvalue weighted by molar-refractivity contribution is -0.120. The lowest BCUT2D eigenvalue weighted by Gasteiger charge is -2.22. The number of hydrazone groups is 1. The van der Waals surface area contributed by atoms with Crippen LogP contribution in [0.15, 0.2) is 33.9 Å². The van der Waals surface area contributed by atoms with Gasteiger partial charge in [0.2, 0.25) is 5.78 Å². The lowest BCUT2D eigenvalue weighted by Crippen LogP contribution is -2.36. The number of Topliss-reactive ketones (excluding diaryl/α,β-unsaturated/α-hetero) is 3. The summed E-state index contributed by atoms with van der Waals surface area (Å²) < 4.78 is 4.90. The molecule has 43 heavy (non-hydrogen) atoms. The highest BCUT2D eigenvalue weighted by molar-refractivity contribution is 6.38. The normalized spacial score (nSPS) is 18.8. The number of likely N-dealkylation sites (N-methyl/N-ethyl adjacent to an activating group) is 1. The molecule has 0 fully saturated rings. The van der Waals surface area contributed by atoms with Crippen LogP contribution in [-0.2, 0) is 21.4 Å². The molecular weight excluding hydrogens is 564 g/mol. The summed E-state index contributed by atoms with van der Waals surface area (Å²) in [7, 11) is 2.71. The van der Waals surface area contributed by atoms with Crippen molar-refractivity contribution in [1.82, 2.24) is 15.7 Å². The number of benzene rings is 2. The fourth-order valence-electron chi connectivity index (χ4n) is 6.20. The minimum atomic E-state index is -2.14. The first-order valence-corrected chi connectivity index (χ1v) is 12.9. The first kappa shape index (κ1) is 27.5. The highest BCUT2D eigenvalue weighted by atomic mass is 16.5. The van der Waals surface area contributed by atoms with E-state index in [9.17, 15) is 44.1 Å². The SMILES string of the molecule is CNCC(=O)NN=Cc1cc2cc3c(c(O)c2c(=O)[nH]1)C1(CC3)C(=O)c2c(O)c3c(c(O)c2C1=O)C(=O)C(OC)=CC3=O. The van der Waals surface area contributed by atoms with Gasteiger partial charge in [0.05, 0.1) is 53.2 Å². The van der Waals surface area contributed by atoms with Gasteiger partial charge in [0, 0.05) is 11.6 Å². The van der Waals surface area contributed by atoms with E-state index in [-0.39, 0.29) is 41.4 Å². The molecule has 6 N–H and O–H groups in total. The highest BCUT2D eigenvalue weighted by Crippen LogP contribution is 2.57. The topological polar surface area (TPSA) is 225 Å². The number of amides is 1. The number of aromatic amines is 1. The summed E-state index contributed by atoms with van der Waals surface area (Å²) in [5, 5.41) is 40.0. The van der Waals surface area contributed by atoms with Crippen molar-refractivity contribution in [2.24, 2.45) is 5.10 Å². The van der Waals surface area contributed by atoms with Crippen LogP contribution in [0.3, 0.4) is 0 Å². The van der Waals surface area contributed by atoms with Gasteiger partial charge in [-0.3, -0.25) is 28.8 Å². The summed E-state index contributed by atoms with van der Waals surface area (Å²) in [6.45, 7) is 0.0184. The van der Waals surface area contributed by atoms with Gasteiger partial charge in [-0.2, -0.15) is 5.10 Å². The average Bonchev–Trinajstić information content (AvgIpc) is 3.45. The van der Waals surface area contributed by atoms with Crippen LogP contribution in [0.4, 0.5) is 0 Å². The van der Waals surface area contributed by atoms with Crippen LogP contribution in [0.25, 0.3) is 10.8 Å². The Morgan fingerprint density at radius 3 is 2.35 bits per heavy atom. The van der Waals surface area contributed by atoms with E-state index < -0.39 is 85.3 Å². The molecule has 1 aromatic heterocycles. The molecule has 6 rings (SSSR count). The Balaban J connectivity index is 1.50. The number of ketones is 4. The molecule has 0 saturated carbocycles. The molecule has 3 aliphatic carbocycles. The van der Waals surface area contributed by atoms with Gasteiger partial charge in [0.15, 0.2) is 23.1 Å². The number of H-pyrrole nitrogens is 1. The molecule has 2 aromatic carbocycles. The van der Waals surface area contributed by atoms with Crippen molar-refractivity contribution < 1.29 is 44.0 Å². The number of carbonyl (C=O) groups is 5. The summed E-state index contributed by atoms with van der Waals surface area (Å²) in [5.41, 5.74) is -2.89. The third kappa shape index (κ3) is 3.59. The van der Waals surface area contributed by atoms with Crippen LogP contribution >= 0.6 is 0 Å². The van der Waals surface area contributed by atoms with Crippen LogP contribution in [0.1, 0.15) is 64.7 Å². The first-order chi connectivity index (χ1) is 20.5. The van der Waals surface area contributed by atoms with Gasteiger partial charge in [0.25, 0.3) is 11.5 Å². The van der Waals surface area contributed by atoms with Crippen LogP contribution < -0.4 is 16.3 Å². The predicted octanol–water partition coefficient (Wildman–Crippen LogP) is 0.487. The molecule has 0 bridgehead atoms. The molecule has 14 heteroatoms. The van der Waals surface area contributed by atoms with Crippen molar-refractivity contribution in [1.29, 1.82) is 0 Å². The van der Waals surface area contributed by atoms with E-state index in [1.54, 1.807) is 7.05 Å². The molecule has 1 spiro atoms. The number of methoxy groups -OCH3 is 1. The second-order valence-corrected chi connectivity index (χ2v) is 10.3. The number of hydrogen-bond acceptors (Lipinski definition) is 12. The smallest absolute Gasteiger partial charge is 0.260 e. The number of nitrogens with zero attached hydrogens (tertiary/aromatic N) is 1. The second-order valence-electron chi connectivity index (χ2n) is 10.3. The summed E-state index contributed by atoms with van der Waals surface area (Å²) in [6, 6.07) is 3.01. The van der Waals surface area contributed by atoms with Gasteiger partial charge in [-0.1, -0.05) is 6.07 Å². The molecule has 0 radical (unpaired) electrons. The van der Waals surface area contributed by atoms with Crippen molar-refractivity contribution >= 4 is 46.0 Å². The van der Waals surface area contributed by atoms with Gasteiger partial charge >= 0.3 is 0 Å². The van der Waals surface area contributed by atoms with Gasteiger partial charge in [-0.05, 0) is 36.9 Å². The van der Waals surface area contributed by atoms with E-state index in [4.69, 9.17) is 4.74 Å². The molecule has 1 unspecified atom stereocenters. The molecule has 3 aromatic rings. The molecule has 218 valence electrons. The molecule has 14 nitrogen and oxygen atoms in total. The summed E-state index contributed by atoms with van der Waals surface area (Å²) in [4.78, 5) is 81.0. The quantitative estimate of drug-likeness (QED) is 0.104. The van der Waals surface area contributed by atoms with Crippen molar-refractivity contribution in [2.45, 2.75) is 18.3 Å². The predicted molar refractivity (Wildman–Crippen MR) is 148 cm³/mol. The maximum absolute atomic E-state index is 14.1. The number of carbonyl (C=O) groups excluding carboxylic acids is 5. The maximum atomic E-state index is 14.1. The number of phenols is 3. The number of pyridine rings is 1. The average molecular weight is 587 g/mol. The largest absolute Gasteiger partial charge is 0.507 e. The van der Waals surface area contributed by atoms with E-state index in [1.165, 1.54) is 18.3 Å². The Bertz CT molecular complexity index is 2000. The number of allylic oxidation sites excluding steroid dienone is 2. The number of fused-ring (bicyclic) bond motifs is 5. The van der Waals surface area contributed by atoms with Gasteiger partial charge in [-0.15, -0.1) is 0 Å². The Hall–Kier alpha value is -5.63. The zero-order valence-corrected chi connectivity index (χ0v) is 22.6. The number of phenolic OH excluding ortho intramolecular Hbond substituents is 3. The number of hydrogen-bond donors (Lipinski definition) is 6. The summed E-state index contributed by atoms with van der Waals surface area (Å²) >= 11 is 0. The standard InChI is InChI=1S/C29H22N4O10/c1-30-9-15(35)33-31-8-12-6-11-5-10-3-4-29(21(10)25(39)16(11)28(42)32-12)26(40)19-20(27(29)41)24(38)18-17(23(19)37)13(34)7-14(43-2)22(18)36/h5-8,30,37-39H,3-4,9H2,1-2H3,(H,32,42)(H,33,35). The molecule has 1 atom stereocenters. The van der Waals surface area contributed by atoms with Crippen molar-refractivity contribution in [3.63, 3.8) is 0 Å². The minimum absolute atomic E-state index is 0.0184. The molecular formula is C29H22N4O10. The first-order valence-electron chi connectivity index (χ1n) is 12.9. The zero-order valence-electron chi connectivity index (χ0n) is 22.6. The zero-order chi connectivity index (χ0) is 31.0. The Labute approximate surface area is 240 Å². The van der Waals surface area contributed by atoms with E-state index in [0.29, 0.717) is 5.56 Å². The maximum Gasteiger partial charge on any atom is 0.260 e. The van der Waals surface area contributed by atoms with E-state index in [2.05, 4.69) is 20.8 Å². The van der Waals surface area contributed by atoms with Crippen LogP contribution in [0.2, 0.25) is 0 Å². The molecule has 0 aliphatic heterocycles. The summed E-state index contributed by atoms with van der Waals surface area (Å²) in [6.07, 6.45) is 1.91. The third-order valence-corrected chi connectivity index (χ3v) is 7.99. The number of aromatic nitrogens is 1. The highest BCUT2D eigenvalue weighted by Gasteiger charge is 2.61. The van der Waals surface area contributed by atoms with Crippen molar-refractivity contribution in [2.75, 3.05) is 20.7 Å². The molecule has 1 heterocycles. The van der Waals surface area contributed by atoms with E-state index in [0.717, 1.165) is 13.2 Å². The van der Waals surface area contributed by atoms with Gasteiger partial charge < -0.3 is 30.4 Å². The number of aromatic hydroxyl groups is 3. The van der Waals surface area contributed by atoms with Crippen LogP contribution in [0.5, 0.6) is 17.2 Å². The Morgan fingerprint density at radius 2 is 1.70 bits per heavy atom. The Kier molecular flexibility index (Phi) is 6.05. The van der Waals surface area contributed by atoms with Gasteiger partial charge in [-0.25, -0.2) is 5.43 Å². The minimum Gasteiger partial charge on any atom is -0.507 e. The molecule has 0 saturated heterocycles. The fourth-order valence-corrected chi connectivity index (χ4v) is 6.20. The number of ether oxygens (including phenoxy) is 1. The Morgan fingerprint density at radius 1 is 1.02 bits per heavy atom. The monoisotopic (exact) mass is 586 g/mol. The lowest BCUT2D eigenvalue weighted by atomic mass is 9.76. The van der Waals surface area contributed by atoms with E-state index >= 15 is 0 Å². The molecule has 1 amide bonds. The van der Waals surface area contributed by atoms with Crippen LogP contribution in [0, 0.1) is 0 Å². The van der Waals surface area contributed by atoms with E-state index in [1.807, 2.05) is 0 Å².